The summed E-state index contributed by atoms with van der Waals surface area (Å²) in [4.78, 5) is 18.0. The number of aromatic nitrogens is 2. The Morgan fingerprint density at radius 3 is 2.93 bits per heavy atom. The Morgan fingerprint density at radius 1 is 1.26 bits per heavy atom. The maximum absolute atomic E-state index is 12.5. The Hall–Kier alpha value is -2.83. The van der Waals surface area contributed by atoms with E-state index in [4.69, 9.17) is 16.3 Å². The number of rotatable bonds is 5. The number of thiazole rings is 1. The number of halogens is 1. The van der Waals surface area contributed by atoms with Gasteiger partial charge in [0.15, 0.2) is 11.1 Å². The highest BCUT2D eigenvalue weighted by Gasteiger charge is 2.16. The Kier molecular flexibility index (Phi) is 4.83. The molecule has 0 saturated heterocycles. The number of hydrogen-bond donors (Lipinski definition) is 1. The van der Waals surface area contributed by atoms with Gasteiger partial charge in [0.1, 0.15) is 5.75 Å². The predicted molar refractivity (Wildman–Crippen MR) is 109 cm³/mol. The van der Waals surface area contributed by atoms with E-state index >= 15 is 0 Å². The number of carbonyl (C=O) groups is 1. The lowest BCUT2D eigenvalue weighted by Gasteiger charge is -2.15. The van der Waals surface area contributed by atoms with Crippen molar-refractivity contribution in [3.8, 4) is 17.0 Å². The van der Waals surface area contributed by atoms with Gasteiger partial charge in [0.2, 0.25) is 0 Å². The van der Waals surface area contributed by atoms with Crippen molar-refractivity contribution in [2.75, 3.05) is 5.32 Å². The molecule has 2 aromatic heterocycles. The zero-order valence-corrected chi connectivity index (χ0v) is 16.0. The summed E-state index contributed by atoms with van der Waals surface area (Å²) in [6.45, 7) is 1.69. The van der Waals surface area contributed by atoms with Crippen LogP contribution in [0.5, 0.6) is 5.75 Å². The number of imidazole rings is 1. The molecule has 0 fully saturated rings. The van der Waals surface area contributed by atoms with E-state index in [2.05, 4.69) is 10.3 Å². The van der Waals surface area contributed by atoms with Crippen molar-refractivity contribution >= 4 is 39.5 Å². The molecule has 5 nitrogen and oxygen atoms in total. The first-order valence-electron chi connectivity index (χ1n) is 8.35. The SMILES string of the molecule is CC(Oc1ccccc1Cl)C(=O)Nc1cccc(-c2cn3ccsc3n2)c1. The minimum absolute atomic E-state index is 0.252. The van der Waals surface area contributed by atoms with Gasteiger partial charge in [-0.1, -0.05) is 35.9 Å². The van der Waals surface area contributed by atoms with E-state index in [1.165, 1.54) is 0 Å². The minimum atomic E-state index is -0.688. The number of nitrogens with zero attached hydrogens (tertiary/aromatic N) is 2. The molecule has 0 radical (unpaired) electrons. The summed E-state index contributed by atoms with van der Waals surface area (Å²) in [5, 5.41) is 5.34. The summed E-state index contributed by atoms with van der Waals surface area (Å²) in [5.41, 5.74) is 2.48. The highest BCUT2D eigenvalue weighted by atomic mass is 35.5. The van der Waals surface area contributed by atoms with Gasteiger partial charge in [0.25, 0.3) is 5.91 Å². The fourth-order valence-electron chi connectivity index (χ4n) is 2.65. The Morgan fingerprint density at radius 2 is 2.11 bits per heavy atom. The molecule has 27 heavy (non-hydrogen) atoms. The molecule has 0 spiro atoms. The van der Waals surface area contributed by atoms with Gasteiger partial charge in [-0.3, -0.25) is 9.20 Å². The van der Waals surface area contributed by atoms with Gasteiger partial charge >= 0.3 is 0 Å². The standard InChI is InChI=1S/C20H16ClN3O2S/c1-13(26-18-8-3-2-7-16(18)21)19(25)22-15-6-4-5-14(11-15)17-12-24-9-10-27-20(24)23-17/h2-13H,1H3,(H,22,25). The molecule has 0 bridgehead atoms. The molecule has 2 aromatic carbocycles. The smallest absolute Gasteiger partial charge is 0.265 e. The molecule has 136 valence electrons. The number of amides is 1. The summed E-state index contributed by atoms with van der Waals surface area (Å²) < 4.78 is 7.64. The zero-order valence-electron chi connectivity index (χ0n) is 14.4. The molecule has 0 aliphatic carbocycles. The number of anilines is 1. The van der Waals surface area contributed by atoms with Crippen molar-refractivity contribution in [3.05, 3.63) is 71.3 Å². The summed E-state index contributed by atoms with van der Waals surface area (Å²) >= 11 is 7.66. The third-order valence-corrected chi connectivity index (χ3v) is 5.11. The maximum atomic E-state index is 12.5. The van der Waals surface area contributed by atoms with E-state index in [0.29, 0.717) is 16.5 Å². The molecule has 4 aromatic rings. The first kappa shape index (κ1) is 17.6. The van der Waals surface area contributed by atoms with Gasteiger partial charge in [0.05, 0.1) is 10.7 Å². The second-order valence-corrected chi connectivity index (χ2v) is 7.26. The van der Waals surface area contributed by atoms with Crippen molar-refractivity contribution in [2.24, 2.45) is 0 Å². The topological polar surface area (TPSA) is 55.6 Å². The molecule has 0 saturated carbocycles. The lowest BCUT2D eigenvalue weighted by molar-refractivity contribution is -0.122. The second-order valence-electron chi connectivity index (χ2n) is 5.98. The number of carbonyl (C=O) groups excluding carboxylic acids is 1. The minimum Gasteiger partial charge on any atom is -0.479 e. The van der Waals surface area contributed by atoms with E-state index in [1.807, 2.05) is 58.6 Å². The first-order chi connectivity index (χ1) is 13.1. The van der Waals surface area contributed by atoms with Crippen molar-refractivity contribution in [2.45, 2.75) is 13.0 Å². The summed E-state index contributed by atoms with van der Waals surface area (Å²) in [6, 6.07) is 14.7. The number of hydrogen-bond acceptors (Lipinski definition) is 4. The van der Waals surface area contributed by atoms with E-state index < -0.39 is 6.10 Å². The predicted octanol–water partition coefficient (Wildman–Crippen LogP) is 5.12. The molecule has 0 aliphatic heterocycles. The fourth-order valence-corrected chi connectivity index (χ4v) is 3.53. The van der Waals surface area contributed by atoms with E-state index in [0.717, 1.165) is 16.2 Å². The van der Waals surface area contributed by atoms with E-state index in [-0.39, 0.29) is 5.91 Å². The van der Waals surface area contributed by atoms with Crippen LogP contribution in [0.25, 0.3) is 16.2 Å². The van der Waals surface area contributed by atoms with Gasteiger partial charge in [-0.2, -0.15) is 0 Å². The monoisotopic (exact) mass is 397 g/mol. The number of benzene rings is 2. The number of ether oxygens (including phenoxy) is 1. The zero-order chi connectivity index (χ0) is 18.8. The molecular formula is C20H16ClN3O2S. The van der Waals surface area contributed by atoms with Gasteiger partial charge in [0, 0.05) is 29.0 Å². The van der Waals surface area contributed by atoms with Crippen LogP contribution in [0.3, 0.4) is 0 Å². The number of nitrogens with one attached hydrogen (secondary N) is 1. The van der Waals surface area contributed by atoms with Crippen molar-refractivity contribution in [3.63, 3.8) is 0 Å². The van der Waals surface area contributed by atoms with Crippen LogP contribution in [0, 0.1) is 0 Å². The van der Waals surface area contributed by atoms with Gasteiger partial charge in [-0.05, 0) is 31.2 Å². The largest absolute Gasteiger partial charge is 0.479 e. The Balaban J connectivity index is 1.48. The fraction of sp³-hybridized carbons (Fsp3) is 0.100. The molecule has 4 rings (SSSR count). The molecule has 2 heterocycles. The van der Waals surface area contributed by atoms with Crippen molar-refractivity contribution < 1.29 is 9.53 Å². The van der Waals surface area contributed by atoms with Crippen LogP contribution >= 0.6 is 22.9 Å². The molecule has 1 amide bonds. The van der Waals surface area contributed by atoms with Crippen LogP contribution in [0.1, 0.15) is 6.92 Å². The van der Waals surface area contributed by atoms with Crippen LogP contribution in [-0.2, 0) is 4.79 Å². The molecular weight excluding hydrogens is 382 g/mol. The van der Waals surface area contributed by atoms with Gasteiger partial charge < -0.3 is 10.1 Å². The van der Waals surface area contributed by atoms with Crippen molar-refractivity contribution in [1.29, 1.82) is 0 Å². The summed E-state index contributed by atoms with van der Waals surface area (Å²) in [5.74, 6) is 0.228. The van der Waals surface area contributed by atoms with Crippen LogP contribution in [-0.4, -0.2) is 21.4 Å². The number of fused-ring (bicyclic) bond motifs is 1. The second kappa shape index (κ2) is 7.42. The number of para-hydroxylation sites is 1. The maximum Gasteiger partial charge on any atom is 0.265 e. The highest BCUT2D eigenvalue weighted by Crippen LogP contribution is 2.26. The van der Waals surface area contributed by atoms with Gasteiger partial charge in [-0.15, -0.1) is 11.3 Å². The average molecular weight is 398 g/mol. The van der Waals surface area contributed by atoms with Crippen LogP contribution in [0.15, 0.2) is 66.3 Å². The third-order valence-electron chi connectivity index (χ3n) is 4.03. The van der Waals surface area contributed by atoms with E-state index in [1.54, 1.807) is 30.4 Å². The average Bonchev–Trinajstić information content (AvgIpc) is 3.26. The molecule has 7 heteroatoms. The van der Waals surface area contributed by atoms with E-state index in [9.17, 15) is 4.79 Å². The summed E-state index contributed by atoms with van der Waals surface area (Å²) in [7, 11) is 0. The molecule has 1 N–H and O–H groups in total. The normalized spacial score (nSPS) is 12.1. The van der Waals surface area contributed by atoms with Crippen LogP contribution in [0.4, 0.5) is 5.69 Å². The quantitative estimate of drug-likeness (QED) is 0.508. The van der Waals surface area contributed by atoms with Crippen molar-refractivity contribution in [1.82, 2.24) is 9.38 Å². The lowest BCUT2D eigenvalue weighted by atomic mass is 10.1. The molecule has 1 atom stereocenters. The summed E-state index contributed by atoms with van der Waals surface area (Å²) in [6.07, 6.45) is 3.25. The lowest BCUT2D eigenvalue weighted by Crippen LogP contribution is -2.30. The van der Waals surface area contributed by atoms with Gasteiger partial charge in [-0.25, -0.2) is 4.98 Å². The Labute approximate surface area is 165 Å². The van der Waals surface area contributed by atoms with Crippen LogP contribution < -0.4 is 10.1 Å². The Bertz CT molecular complexity index is 1080. The molecule has 1 unspecified atom stereocenters. The van der Waals surface area contributed by atoms with Crippen LogP contribution in [0.2, 0.25) is 5.02 Å². The molecule has 0 aliphatic rings. The highest BCUT2D eigenvalue weighted by molar-refractivity contribution is 7.15. The third kappa shape index (κ3) is 3.82. The first-order valence-corrected chi connectivity index (χ1v) is 9.60.